The molecule has 0 aliphatic carbocycles. The Morgan fingerprint density at radius 3 is 2.65 bits per heavy atom. The number of rotatable bonds is 8. The van der Waals surface area contributed by atoms with Crippen LogP contribution in [0.4, 0.5) is 5.69 Å². The monoisotopic (exact) mass is 495 g/mol. The summed E-state index contributed by atoms with van der Waals surface area (Å²) in [6.07, 6.45) is 0. The Labute approximate surface area is 205 Å². The Bertz CT molecular complexity index is 1410. The summed E-state index contributed by atoms with van der Waals surface area (Å²) in [4.78, 5) is 30.6. The van der Waals surface area contributed by atoms with Crippen molar-refractivity contribution in [1.82, 2.24) is 9.55 Å². The largest absolute Gasteiger partial charge is 0.497 e. The molecule has 0 spiro atoms. The number of carbonyl (C=O) groups is 1. The van der Waals surface area contributed by atoms with Gasteiger partial charge < -0.3 is 14.8 Å². The number of hydrogen-bond acceptors (Lipinski definition) is 6. The maximum Gasteiger partial charge on any atom is 0.262 e. The lowest BCUT2D eigenvalue weighted by atomic mass is 10.2. The van der Waals surface area contributed by atoms with Gasteiger partial charge in [0.2, 0.25) is 5.91 Å². The minimum atomic E-state index is -0.259. The van der Waals surface area contributed by atoms with Crippen molar-refractivity contribution in [3.8, 4) is 11.5 Å². The Kier molecular flexibility index (Phi) is 7.40. The van der Waals surface area contributed by atoms with E-state index >= 15 is 0 Å². The van der Waals surface area contributed by atoms with E-state index in [0.717, 1.165) is 5.56 Å². The average Bonchev–Trinajstić information content (AvgIpc) is 2.85. The summed E-state index contributed by atoms with van der Waals surface area (Å²) in [6.45, 7) is 0.285. The van der Waals surface area contributed by atoms with Crippen molar-refractivity contribution in [2.75, 3.05) is 25.3 Å². The SMILES string of the molecule is COc1ccc(NC(=O)CSc2nc3ccccc3c(=O)n2Cc2cccc(Cl)c2)c(OC)c1. The first-order valence-corrected chi connectivity index (χ1v) is 11.7. The van der Waals surface area contributed by atoms with E-state index < -0.39 is 0 Å². The number of nitrogens with one attached hydrogen (secondary N) is 1. The topological polar surface area (TPSA) is 82.5 Å². The number of hydrogen-bond donors (Lipinski definition) is 1. The van der Waals surface area contributed by atoms with Crippen molar-refractivity contribution >= 4 is 45.9 Å². The average molecular weight is 496 g/mol. The number of thioether (sulfide) groups is 1. The van der Waals surface area contributed by atoms with Crippen LogP contribution in [-0.4, -0.2) is 35.4 Å². The van der Waals surface area contributed by atoms with Gasteiger partial charge in [-0.15, -0.1) is 0 Å². The second-order valence-electron chi connectivity index (χ2n) is 7.34. The Hall–Kier alpha value is -3.49. The van der Waals surface area contributed by atoms with Gasteiger partial charge in [0.15, 0.2) is 5.16 Å². The fourth-order valence-electron chi connectivity index (χ4n) is 3.43. The van der Waals surface area contributed by atoms with E-state index in [1.807, 2.05) is 18.2 Å². The fraction of sp³-hybridized carbons (Fsp3) is 0.160. The van der Waals surface area contributed by atoms with Crippen LogP contribution in [0.3, 0.4) is 0 Å². The van der Waals surface area contributed by atoms with Gasteiger partial charge in [-0.2, -0.15) is 0 Å². The predicted octanol–water partition coefficient (Wildman–Crippen LogP) is 4.85. The van der Waals surface area contributed by atoms with E-state index in [1.165, 1.54) is 18.9 Å². The first-order valence-electron chi connectivity index (χ1n) is 10.4. The quantitative estimate of drug-likeness (QED) is 0.278. The lowest BCUT2D eigenvalue weighted by Crippen LogP contribution is -2.25. The number of fused-ring (bicyclic) bond motifs is 1. The van der Waals surface area contributed by atoms with Crippen LogP contribution in [0.25, 0.3) is 10.9 Å². The van der Waals surface area contributed by atoms with Gasteiger partial charge in [-0.1, -0.05) is 47.6 Å². The van der Waals surface area contributed by atoms with Crippen molar-refractivity contribution < 1.29 is 14.3 Å². The molecule has 4 rings (SSSR count). The normalized spacial score (nSPS) is 10.8. The van der Waals surface area contributed by atoms with Gasteiger partial charge in [0, 0.05) is 11.1 Å². The molecule has 0 bridgehead atoms. The molecule has 0 atom stereocenters. The Morgan fingerprint density at radius 2 is 1.88 bits per heavy atom. The third-order valence-corrected chi connectivity index (χ3v) is 6.28. The summed E-state index contributed by atoms with van der Waals surface area (Å²) in [7, 11) is 3.08. The number of benzene rings is 3. The van der Waals surface area contributed by atoms with E-state index in [-0.39, 0.29) is 23.8 Å². The number of aromatic nitrogens is 2. The molecule has 1 N–H and O–H groups in total. The molecule has 0 fully saturated rings. The summed E-state index contributed by atoms with van der Waals surface area (Å²) in [5, 5.41) is 4.38. The van der Waals surface area contributed by atoms with Crippen LogP contribution in [0.2, 0.25) is 5.02 Å². The highest BCUT2D eigenvalue weighted by Gasteiger charge is 2.15. The van der Waals surface area contributed by atoms with Crippen molar-refractivity contribution in [1.29, 1.82) is 0 Å². The molecule has 1 amide bonds. The summed E-state index contributed by atoms with van der Waals surface area (Å²) < 4.78 is 12.1. The zero-order valence-electron chi connectivity index (χ0n) is 18.6. The number of amides is 1. The number of carbonyl (C=O) groups excluding carboxylic acids is 1. The molecule has 0 aliphatic rings. The molecule has 0 saturated carbocycles. The number of methoxy groups -OCH3 is 2. The molecular weight excluding hydrogens is 474 g/mol. The summed E-state index contributed by atoms with van der Waals surface area (Å²) >= 11 is 7.32. The summed E-state index contributed by atoms with van der Waals surface area (Å²) in [5.74, 6) is 0.898. The van der Waals surface area contributed by atoms with Gasteiger partial charge in [-0.3, -0.25) is 14.2 Å². The summed E-state index contributed by atoms with van der Waals surface area (Å²) in [5.41, 5.74) is 1.79. The number of nitrogens with zero attached hydrogens (tertiary/aromatic N) is 2. The molecule has 1 heterocycles. The molecular formula is C25H22ClN3O4S. The van der Waals surface area contributed by atoms with Crippen molar-refractivity contribution in [3.05, 3.63) is 87.7 Å². The second-order valence-corrected chi connectivity index (χ2v) is 8.71. The van der Waals surface area contributed by atoms with E-state index in [0.29, 0.717) is 38.3 Å². The molecule has 7 nitrogen and oxygen atoms in total. The Morgan fingerprint density at radius 1 is 1.06 bits per heavy atom. The van der Waals surface area contributed by atoms with Gasteiger partial charge in [0.25, 0.3) is 5.56 Å². The second kappa shape index (κ2) is 10.6. The van der Waals surface area contributed by atoms with E-state index in [9.17, 15) is 9.59 Å². The Balaban J connectivity index is 1.59. The van der Waals surface area contributed by atoms with Crippen LogP contribution in [-0.2, 0) is 11.3 Å². The first-order chi connectivity index (χ1) is 16.5. The van der Waals surface area contributed by atoms with Crippen LogP contribution in [0.5, 0.6) is 11.5 Å². The lowest BCUT2D eigenvalue weighted by molar-refractivity contribution is -0.113. The van der Waals surface area contributed by atoms with Gasteiger partial charge >= 0.3 is 0 Å². The molecule has 0 saturated heterocycles. The van der Waals surface area contributed by atoms with Crippen LogP contribution < -0.4 is 20.3 Å². The van der Waals surface area contributed by atoms with E-state index in [4.69, 9.17) is 21.1 Å². The van der Waals surface area contributed by atoms with Crippen molar-refractivity contribution in [3.63, 3.8) is 0 Å². The zero-order valence-corrected chi connectivity index (χ0v) is 20.2. The maximum atomic E-state index is 13.3. The van der Waals surface area contributed by atoms with Crippen LogP contribution in [0.15, 0.2) is 76.7 Å². The molecule has 0 aliphatic heterocycles. The molecule has 9 heteroatoms. The standard InChI is InChI=1S/C25H22ClN3O4S/c1-32-18-10-11-21(22(13-18)33-2)27-23(30)15-34-25-28-20-9-4-3-8-19(20)24(31)29(25)14-16-6-5-7-17(26)12-16/h3-13H,14-15H2,1-2H3,(H,27,30). The van der Waals surface area contributed by atoms with Crippen molar-refractivity contribution in [2.45, 2.75) is 11.7 Å². The molecule has 174 valence electrons. The zero-order chi connectivity index (χ0) is 24.1. The third kappa shape index (κ3) is 5.35. The molecule has 3 aromatic carbocycles. The van der Waals surface area contributed by atoms with Crippen molar-refractivity contribution in [2.24, 2.45) is 0 Å². The van der Waals surface area contributed by atoms with Gasteiger partial charge in [-0.05, 0) is 42.0 Å². The molecule has 34 heavy (non-hydrogen) atoms. The van der Waals surface area contributed by atoms with Gasteiger partial charge in [-0.25, -0.2) is 4.98 Å². The van der Waals surface area contributed by atoms with Gasteiger partial charge in [0.1, 0.15) is 11.5 Å². The maximum absolute atomic E-state index is 13.3. The first kappa shape index (κ1) is 23.7. The number of para-hydroxylation sites is 1. The van der Waals surface area contributed by atoms with Gasteiger partial charge in [0.05, 0.1) is 43.1 Å². The minimum absolute atomic E-state index is 0.0511. The number of anilines is 1. The summed E-state index contributed by atoms with van der Waals surface area (Å²) in [6, 6.07) is 19.6. The van der Waals surface area contributed by atoms with Crippen LogP contribution in [0, 0.1) is 0 Å². The fourth-order valence-corrected chi connectivity index (χ4v) is 4.44. The molecule has 1 aromatic heterocycles. The third-order valence-electron chi connectivity index (χ3n) is 5.07. The number of ether oxygens (including phenoxy) is 2. The molecule has 0 unspecified atom stereocenters. The minimum Gasteiger partial charge on any atom is -0.497 e. The van der Waals surface area contributed by atoms with E-state index in [2.05, 4.69) is 10.3 Å². The predicted molar refractivity (Wildman–Crippen MR) is 135 cm³/mol. The highest BCUT2D eigenvalue weighted by Crippen LogP contribution is 2.29. The smallest absolute Gasteiger partial charge is 0.262 e. The molecule has 4 aromatic rings. The van der Waals surface area contributed by atoms with Crippen LogP contribution in [0.1, 0.15) is 5.56 Å². The van der Waals surface area contributed by atoms with Crippen LogP contribution >= 0.6 is 23.4 Å². The highest BCUT2D eigenvalue weighted by atomic mass is 35.5. The number of halogens is 1. The lowest BCUT2D eigenvalue weighted by Gasteiger charge is -2.14. The highest BCUT2D eigenvalue weighted by molar-refractivity contribution is 7.99. The van der Waals surface area contributed by atoms with E-state index in [1.54, 1.807) is 60.2 Å². The molecule has 0 radical (unpaired) electrons.